The monoisotopic (exact) mass is 374 g/mol. The van der Waals surface area contributed by atoms with E-state index in [0.29, 0.717) is 39.1 Å². The molecule has 9 heteroatoms. The van der Waals surface area contributed by atoms with Crippen LogP contribution in [0.2, 0.25) is 0 Å². The summed E-state index contributed by atoms with van der Waals surface area (Å²) in [6.45, 7) is 5.53. The second-order valence-electron chi connectivity index (χ2n) is 7.79. The number of rotatable bonds is 4. The number of aromatic nitrogens is 3. The molecule has 0 spiro atoms. The van der Waals surface area contributed by atoms with E-state index in [4.69, 9.17) is 0 Å². The summed E-state index contributed by atoms with van der Waals surface area (Å²) >= 11 is 0. The zero-order chi connectivity index (χ0) is 19.0. The molecule has 3 fully saturated rings. The van der Waals surface area contributed by atoms with Gasteiger partial charge in [-0.2, -0.15) is 0 Å². The molecular formula is C18H26N6O3. The van der Waals surface area contributed by atoms with Crippen LogP contribution in [0.4, 0.5) is 0 Å². The van der Waals surface area contributed by atoms with Gasteiger partial charge in [-0.05, 0) is 19.3 Å². The Labute approximate surface area is 158 Å². The standard InChI is InChI=1S/C18H26N6O3/c1-13(25)21-7-4-14(5-8-21)18(27)23-11-16(12-23)24-10-15(19-20-24)9-22-6-2-3-17(22)26/h10,14,16H,2-9,11-12H2,1H3. The fraction of sp³-hybridized carbons (Fsp3) is 0.722. The summed E-state index contributed by atoms with van der Waals surface area (Å²) in [4.78, 5) is 41.3. The number of nitrogens with zero attached hydrogens (tertiary/aromatic N) is 6. The second-order valence-corrected chi connectivity index (χ2v) is 7.79. The van der Waals surface area contributed by atoms with Gasteiger partial charge in [-0.3, -0.25) is 14.4 Å². The lowest BCUT2D eigenvalue weighted by Gasteiger charge is -2.42. The first-order valence-electron chi connectivity index (χ1n) is 9.74. The maximum absolute atomic E-state index is 12.6. The van der Waals surface area contributed by atoms with E-state index in [1.54, 1.807) is 6.92 Å². The molecular weight excluding hydrogens is 348 g/mol. The van der Waals surface area contributed by atoms with Crippen LogP contribution >= 0.6 is 0 Å². The SMILES string of the molecule is CC(=O)N1CCC(C(=O)N2CC(n3cc(CN4CCCC4=O)nn3)C2)CC1. The van der Waals surface area contributed by atoms with Crippen molar-refractivity contribution in [2.24, 2.45) is 5.92 Å². The van der Waals surface area contributed by atoms with Gasteiger partial charge in [0.15, 0.2) is 0 Å². The maximum atomic E-state index is 12.6. The predicted molar refractivity (Wildman–Crippen MR) is 95.3 cm³/mol. The molecule has 0 bridgehead atoms. The summed E-state index contributed by atoms with van der Waals surface area (Å²) in [5.74, 6) is 0.481. The first-order valence-corrected chi connectivity index (χ1v) is 9.74. The molecule has 4 heterocycles. The normalized spacial score (nSPS) is 21.7. The molecule has 3 aliphatic heterocycles. The average Bonchev–Trinajstić information content (AvgIpc) is 3.23. The maximum Gasteiger partial charge on any atom is 0.225 e. The number of likely N-dealkylation sites (tertiary alicyclic amines) is 3. The van der Waals surface area contributed by atoms with E-state index in [2.05, 4.69) is 10.3 Å². The number of hydrogen-bond acceptors (Lipinski definition) is 5. The molecule has 27 heavy (non-hydrogen) atoms. The summed E-state index contributed by atoms with van der Waals surface area (Å²) in [7, 11) is 0. The summed E-state index contributed by atoms with van der Waals surface area (Å²) in [5.41, 5.74) is 0.798. The highest BCUT2D eigenvalue weighted by Crippen LogP contribution is 2.27. The lowest BCUT2D eigenvalue weighted by atomic mass is 9.93. The minimum Gasteiger partial charge on any atom is -0.343 e. The van der Waals surface area contributed by atoms with E-state index < -0.39 is 0 Å². The highest BCUT2D eigenvalue weighted by Gasteiger charge is 2.37. The van der Waals surface area contributed by atoms with E-state index >= 15 is 0 Å². The van der Waals surface area contributed by atoms with E-state index in [0.717, 1.165) is 31.5 Å². The second kappa shape index (κ2) is 7.28. The number of amides is 3. The molecule has 0 unspecified atom stereocenters. The van der Waals surface area contributed by atoms with Gasteiger partial charge in [-0.25, -0.2) is 4.68 Å². The molecule has 9 nitrogen and oxygen atoms in total. The summed E-state index contributed by atoms with van der Waals surface area (Å²) in [5, 5.41) is 8.37. The van der Waals surface area contributed by atoms with Gasteiger partial charge in [0.2, 0.25) is 17.7 Å². The third kappa shape index (κ3) is 3.68. The molecule has 0 radical (unpaired) electrons. The molecule has 0 aromatic carbocycles. The summed E-state index contributed by atoms with van der Waals surface area (Å²) in [6.07, 6.45) is 4.93. The average molecular weight is 374 g/mol. The van der Waals surface area contributed by atoms with Crippen molar-refractivity contribution < 1.29 is 14.4 Å². The van der Waals surface area contributed by atoms with Crippen molar-refractivity contribution in [2.45, 2.75) is 45.2 Å². The zero-order valence-electron chi connectivity index (χ0n) is 15.7. The van der Waals surface area contributed by atoms with Crippen molar-refractivity contribution >= 4 is 17.7 Å². The van der Waals surface area contributed by atoms with Crippen molar-refractivity contribution in [2.75, 3.05) is 32.7 Å². The van der Waals surface area contributed by atoms with Crippen molar-refractivity contribution in [1.29, 1.82) is 0 Å². The molecule has 146 valence electrons. The molecule has 0 N–H and O–H groups in total. The number of piperidine rings is 1. The Kier molecular flexibility index (Phi) is 4.84. The van der Waals surface area contributed by atoms with E-state index in [-0.39, 0.29) is 29.7 Å². The molecule has 0 atom stereocenters. The number of carbonyl (C=O) groups is 3. The molecule has 0 saturated carbocycles. The Bertz CT molecular complexity index is 733. The smallest absolute Gasteiger partial charge is 0.225 e. The van der Waals surface area contributed by atoms with Gasteiger partial charge < -0.3 is 14.7 Å². The predicted octanol–water partition coefficient (Wildman–Crippen LogP) is 0.0423. The Hall–Kier alpha value is -2.45. The Morgan fingerprint density at radius 2 is 1.89 bits per heavy atom. The van der Waals surface area contributed by atoms with Gasteiger partial charge in [-0.1, -0.05) is 5.21 Å². The van der Waals surface area contributed by atoms with Gasteiger partial charge in [0.25, 0.3) is 0 Å². The van der Waals surface area contributed by atoms with Crippen LogP contribution in [-0.4, -0.2) is 80.1 Å². The van der Waals surface area contributed by atoms with Crippen LogP contribution in [0.1, 0.15) is 44.3 Å². The largest absolute Gasteiger partial charge is 0.343 e. The highest BCUT2D eigenvalue weighted by molar-refractivity contribution is 5.80. The Morgan fingerprint density at radius 1 is 1.15 bits per heavy atom. The van der Waals surface area contributed by atoms with Crippen LogP contribution in [0.15, 0.2) is 6.20 Å². The van der Waals surface area contributed by atoms with Crippen LogP contribution in [0.5, 0.6) is 0 Å². The van der Waals surface area contributed by atoms with Crippen LogP contribution in [0.25, 0.3) is 0 Å². The number of carbonyl (C=O) groups excluding carboxylic acids is 3. The van der Waals surface area contributed by atoms with Gasteiger partial charge in [0.1, 0.15) is 5.69 Å². The molecule has 3 saturated heterocycles. The highest BCUT2D eigenvalue weighted by atomic mass is 16.2. The molecule has 1 aromatic rings. The van der Waals surface area contributed by atoms with Crippen LogP contribution in [0.3, 0.4) is 0 Å². The molecule has 1 aromatic heterocycles. The summed E-state index contributed by atoms with van der Waals surface area (Å²) in [6, 6.07) is 0.154. The zero-order valence-corrected chi connectivity index (χ0v) is 15.7. The van der Waals surface area contributed by atoms with Gasteiger partial charge in [0, 0.05) is 52.0 Å². The van der Waals surface area contributed by atoms with Crippen LogP contribution < -0.4 is 0 Å². The van der Waals surface area contributed by atoms with Crippen LogP contribution in [-0.2, 0) is 20.9 Å². The van der Waals surface area contributed by atoms with Crippen molar-refractivity contribution in [1.82, 2.24) is 29.7 Å². The minimum absolute atomic E-state index is 0.0223. The first-order chi connectivity index (χ1) is 13.0. The van der Waals surface area contributed by atoms with Gasteiger partial charge >= 0.3 is 0 Å². The Balaban J connectivity index is 1.25. The third-order valence-electron chi connectivity index (χ3n) is 5.92. The van der Waals surface area contributed by atoms with Crippen LogP contribution in [0, 0.1) is 5.92 Å². The minimum atomic E-state index is 0.0223. The van der Waals surface area contributed by atoms with Crippen molar-refractivity contribution in [3.63, 3.8) is 0 Å². The van der Waals surface area contributed by atoms with Gasteiger partial charge in [0.05, 0.1) is 18.8 Å². The van der Waals surface area contributed by atoms with Gasteiger partial charge in [-0.15, -0.1) is 5.10 Å². The third-order valence-corrected chi connectivity index (χ3v) is 5.92. The quantitative estimate of drug-likeness (QED) is 0.742. The lowest BCUT2D eigenvalue weighted by Crippen LogP contribution is -2.54. The number of hydrogen-bond donors (Lipinski definition) is 0. The molecule has 3 aliphatic rings. The fourth-order valence-corrected chi connectivity index (χ4v) is 4.13. The lowest BCUT2D eigenvalue weighted by molar-refractivity contribution is -0.145. The molecule has 3 amide bonds. The van der Waals surface area contributed by atoms with E-state index in [1.807, 2.05) is 25.6 Å². The molecule has 0 aliphatic carbocycles. The fourth-order valence-electron chi connectivity index (χ4n) is 4.13. The summed E-state index contributed by atoms with van der Waals surface area (Å²) < 4.78 is 1.82. The van der Waals surface area contributed by atoms with Crippen molar-refractivity contribution in [3.8, 4) is 0 Å². The van der Waals surface area contributed by atoms with E-state index in [1.165, 1.54) is 0 Å². The van der Waals surface area contributed by atoms with E-state index in [9.17, 15) is 14.4 Å². The topological polar surface area (TPSA) is 91.6 Å². The molecule has 4 rings (SSSR count). The first kappa shape index (κ1) is 17.9. The Morgan fingerprint density at radius 3 is 2.52 bits per heavy atom. The van der Waals surface area contributed by atoms with Crippen molar-refractivity contribution in [3.05, 3.63) is 11.9 Å².